The van der Waals surface area contributed by atoms with Gasteiger partial charge in [-0.1, -0.05) is 13.0 Å². The highest BCUT2D eigenvalue weighted by Gasteiger charge is 2.26. The van der Waals surface area contributed by atoms with Gasteiger partial charge in [0.2, 0.25) is 11.8 Å². The van der Waals surface area contributed by atoms with Gasteiger partial charge in [0.05, 0.1) is 30.2 Å². The molecule has 0 aliphatic carbocycles. The Kier molecular flexibility index (Phi) is 6.39. The second-order valence-corrected chi connectivity index (χ2v) is 7.69. The summed E-state index contributed by atoms with van der Waals surface area (Å²) in [7, 11) is 0. The number of hydrogen-bond acceptors (Lipinski definition) is 7. The maximum atomic E-state index is 12.8. The normalized spacial score (nSPS) is 21.0. The fourth-order valence-corrected chi connectivity index (χ4v) is 3.89. The van der Waals surface area contributed by atoms with Crippen molar-refractivity contribution in [2.24, 2.45) is 0 Å². The molecular weight excluding hydrogens is 352 g/mol. The van der Waals surface area contributed by atoms with E-state index in [-0.39, 0.29) is 18.1 Å². The van der Waals surface area contributed by atoms with E-state index in [0.717, 1.165) is 24.4 Å². The first-order valence-electron chi connectivity index (χ1n) is 9.07. The van der Waals surface area contributed by atoms with E-state index in [2.05, 4.69) is 22.0 Å². The summed E-state index contributed by atoms with van der Waals surface area (Å²) in [5.41, 5.74) is 0. The first-order chi connectivity index (χ1) is 12.5. The molecule has 1 fully saturated rings. The molecule has 3 heterocycles. The van der Waals surface area contributed by atoms with Gasteiger partial charge in [0.15, 0.2) is 0 Å². The van der Waals surface area contributed by atoms with Crippen LogP contribution in [0.5, 0.6) is 0 Å². The lowest BCUT2D eigenvalue weighted by Crippen LogP contribution is -2.49. The van der Waals surface area contributed by atoms with Crippen molar-refractivity contribution in [2.45, 2.75) is 45.9 Å². The molecule has 3 rings (SSSR count). The molecule has 26 heavy (non-hydrogen) atoms. The standard InChI is InChI=1S/C18H26N4O3S/c1-4-7-22(17(23)12-21-9-13(2)24-14(3)10-21)11-16-19-20-18(25-16)15-6-5-8-26-15/h5-6,8,13-14H,4,7,9-12H2,1-3H3. The number of ether oxygens (including phenoxy) is 1. The van der Waals surface area contributed by atoms with E-state index in [0.29, 0.717) is 31.4 Å². The summed E-state index contributed by atoms with van der Waals surface area (Å²) in [6, 6.07) is 3.89. The highest BCUT2D eigenvalue weighted by Crippen LogP contribution is 2.23. The summed E-state index contributed by atoms with van der Waals surface area (Å²) in [6.07, 6.45) is 1.18. The molecule has 1 aliphatic rings. The van der Waals surface area contributed by atoms with Gasteiger partial charge in [0.25, 0.3) is 5.89 Å². The number of aromatic nitrogens is 2. The van der Waals surface area contributed by atoms with Gasteiger partial charge in [-0.3, -0.25) is 9.69 Å². The zero-order valence-corrected chi connectivity index (χ0v) is 16.4. The summed E-state index contributed by atoms with van der Waals surface area (Å²) in [6.45, 7) is 9.11. The molecule has 142 valence electrons. The molecule has 1 aliphatic heterocycles. The Morgan fingerprint density at radius 3 is 2.77 bits per heavy atom. The van der Waals surface area contributed by atoms with Gasteiger partial charge in [-0.05, 0) is 31.7 Å². The number of nitrogens with zero attached hydrogens (tertiary/aromatic N) is 4. The maximum absolute atomic E-state index is 12.8. The lowest BCUT2D eigenvalue weighted by atomic mass is 10.2. The van der Waals surface area contributed by atoms with E-state index in [4.69, 9.17) is 9.15 Å². The molecule has 2 atom stereocenters. The van der Waals surface area contributed by atoms with Gasteiger partial charge in [-0.15, -0.1) is 21.5 Å². The third kappa shape index (κ3) is 4.90. The maximum Gasteiger partial charge on any atom is 0.257 e. The lowest BCUT2D eigenvalue weighted by Gasteiger charge is -2.35. The minimum absolute atomic E-state index is 0.0871. The van der Waals surface area contributed by atoms with Gasteiger partial charge in [0.1, 0.15) is 0 Å². The molecule has 8 heteroatoms. The number of thiophene rings is 1. The van der Waals surface area contributed by atoms with Crippen molar-refractivity contribution >= 4 is 17.2 Å². The highest BCUT2D eigenvalue weighted by atomic mass is 32.1. The number of carbonyl (C=O) groups is 1. The van der Waals surface area contributed by atoms with E-state index in [9.17, 15) is 4.79 Å². The fourth-order valence-electron chi connectivity index (χ4n) is 3.25. The van der Waals surface area contributed by atoms with Crippen LogP contribution < -0.4 is 0 Å². The predicted molar refractivity (Wildman–Crippen MR) is 99.8 cm³/mol. The Balaban J connectivity index is 1.62. The molecule has 0 spiro atoms. The van der Waals surface area contributed by atoms with Gasteiger partial charge >= 0.3 is 0 Å². The second-order valence-electron chi connectivity index (χ2n) is 6.74. The van der Waals surface area contributed by atoms with Crippen LogP contribution in [0.4, 0.5) is 0 Å². The number of rotatable bonds is 7. The number of morpholine rings is 1. The fraction of sp³-hybridized carbons (Fsp3) is 0.611. The molecule has 7 nitrogen and oxygen atoms in total. The van der Waals surface area contributed by atoms with Crippen LogP contribution in [0.15, 0.2) is 21.9 Å². The Labute approximate surface area is 157 Å². The zero-order valence-electron chi connectivity index (χ0n) is 15.6. The number of carbonyl (C=O) groups excluding carboxylic acids is 1. The van der Waals surface area contributed by atoms with Crippen LogP contribution in [0, 0.1) is 0 Å². The molecule has 1 amide bonds. The van der Waals surface area contributed by atoms with Gasteiger partial charge < -0.3 is 14.1 Å². The van der Waals surface area contributed by atoms with Crippen LogP contribution >= 0.6 is 11.3 Å². The van der Waals surface area contributed by atoms with Crippen LogP contribution in [-0.2, 0) is 16.1 Å². The summed E-state index contributed by atoms with van der Waals surface area (Å²) in [5, 5.41) is 10.2. The Morgan fingerprint density at radius 2 is 2.12 bits per heavy atom. The molecule has 0 saturated carbocycles. The predicted octanol–water partition coefficient (Wildman–Crippen LogP) is 2.65. The molecule has 1 saturated heterocycles. The summed E-state index contributed by atoms with van der Waals surface area (Å²) in [5.74, 6) is 1.07. The molecule has 2 aromatic heterocycles. The van der Waals surface area contributed by atoms with E-state index in [1.165, 1.54) is 0 Å². The van der Waals surface area contributed by atoms with Crippen LogP contribution in [-0.4, -0.2) is 64.3 Å². The van der Waals surface area contributed by atoms with E-state index >= 15 is 0 Å². The van der Waals surface area contributed by atoms with Gasteiger partial charge in [-0.2, -0.15) is 0 Å². The van der Waals surface area contributed by atoms with Crippen molar-refractivity contribution in [2.75, 3.05) is 26.2 Å². The lowest BCUT2D eigenvalue weighted by molar-refractivity contribution is -0.136. The Bertz CT molecular complexity index is 693. The molecule has 0 bridgehead atoms. The third-order valence-electron chi connectivity index (χ3n) is 4.23. The van der Waals surface area contributed by atoms with Crippen LogP contribution in [0.25, 0.3) is 10.8 Å². The third-order valence-corrected chi connectivity index (χ3v) is 5.08. The topological polar surface area (TPSA) is 71.7 Å². The average molecular weight is 378 g/mol. The quantitative estimate of drug-likeness (QED) is 0.738. The van der Waals surface area contributed by atoms with Crippen LogP contribution in [0.1, 0.15) is 33.1 Å². The summed E-state index contributed by atoms with van der Waals surface area (Å²) in [4.78, 5) is 17.7. The number of hydrogen-bond donors (Lipinski definition) is 0. The summed E-state index contributed by atoms with van der Waals surface area (Å²) >= 11 is 1.55. The smallest absolute Gasteiger partial charge is 0.257 e. The van der Waals surface area contributed by atoms with Crippen molar-refractivity contribution in [1.82, 2.24) is 20.0 Å². The summed E-state index contributed by atoms with van der Waals surface area (Å²) < 4.78 is 11.5. The Morgan fingerprint density at radius 1 is 1.35 bits per heavy atom. The molecule has 2 aromatic rings. The van der Waals surface area contributed by atoms with Crippen LogP contribution in [0.2, 0.25) is 0 Å². The molecular formula is C18H26N4O3S. The van der Waals surface area contributed by atoms with Gasteiger partial charge in [-0.25, -0.2) is 0 Å². The molecule has 0 N–H and O–H groups in total. The minimum Gasteiger partial charge on any atom is -0.418 e. The monoisotopic (exact) mass is 378 g/mol. The SMILES string of the molecule is CCCN(Cc1nnc(-c2cccs2)o1)C(=O)CN1CC(C)OC(C)C1. The molecule has 0 aromatic carbocycles. The highest BCUT2D eigenvalue weighted by molar-refractivity contribution is 7.13. The zero-order chi connectivity index (χ0) is 18.5. The van der Waals surface area contributed by atoms with E-state index in [1.807, 2.05) is 31.4 Å². The minimum atomic E-state index is 0.0871. The first-order valence-corrected chi connectivity index (χ1v) is 9.95. The van der Waals surface area contributed by atoms with Crippen molar-refractivity contribution in [1.29, 1.82) is 0 Å². The second kappa shape index (κ2) is 8.75. The largest absolute Gasteiger partial charge is 0.418 e. The van der Waals surface area contributed by atoms with Crippen molar-refractivity contribution in [3.63, 3.8) is 0 Å². The molecule has 2 unspecified atom stereocenters. The van der Waals surface area contributed by atoms with Crippen molar-refractivity contribution in [3.05, 3.63) is 23.4 Å². The average Bonchev–Trinajstić information content (AvgIpc) is 3.24. The van der Waals surface area contributed by atoms with Crippen LogP contribution in [0.3, 0.4) is 0 Å². The molecule has 0 radical (unpaired) electrons. The van der Waals surface area contributed by atoms with E-state index in [1.54, 1.807) is 16.2 Å². The van der Waals surface area contributed by atoms with Gasteiger partial charge in [0, 0.05) is 19.6 Å². The Hall–Kier alpha value is -1.77. The number of amides is 1. The van der Waals surface area contributed by atoms with Crippen molar-refractivity contribution < 1.29 is 13.9 Å². The van der Waals surface area contributed by atoms with Crippen molar-refractivity contribution in [3.8, 4) is 10.8 Å². The first kappa shape index (κ1) is 19.0. The van der Waals surface area contributed by atoms with E-state index < -0.39 is 0 Å².